The third kappa shape index (κ3) is 4.63. The minimum atomic E-state index is -0.0811. The van der Waals surface area contributed by atoms with Gasteiger partial charge in [-0.3, -0.25) is 4.79 Å². The number of carbonyl (C=O) groups excluding carboxylic acids is 1. The van der Waals surface area contributed by atoms with Gasteiger partial charge < -0.3 is 9.73 Å². The topological polar surface area (TPSA) is 55.1 Å². The standard InChI is InChI=1S/C23H19ClN2O2S/c1-14-3-9-19(15(2)11-14)23-26-20-12-17(6-10-21(20)28-23)25-22(27)13-29-18-7-4-16(24)5-8-18/h3-12H,13H2,1-2H3,(H,25,27). The van der Waals surface area contributed by atoms with Crippen molar-refractivity contribution in [3.63, 3.8) is 0 Å². The van der Waals surface area contributed by atoms with Gasteiger partial charge in [0.2, 0.25) is 11.8 Å². The van der Waals surface area contributed by atoms with Gasteiger partial charge in [0, 0.05) is 21.2 Å². The summed E-state index contributed by atoms with van der Waals surface area (Å²) in [5.74, 6) is 0.813. The lowest BCUT2D eigenvalue weighted by molar-refractivity contribution is -0.113. The molecule has 0 fully saturated rings. The molecule has 4 aromatic rings. The summed E-state index contributed by atoms with van der Waals surface area (Å²) in [6.07, 6.45) is 0. The van der Waals surface area contributed by atoms with Gasteiger partial charge in [-0.05, 0) is 67.9 Å². The number of carbonyl (C=O) groups is 1. The number of aryl methyl sites for hydroxylation is 2. The molecular weight excluding hydrogens is 404 g/mol. The van der Waals surface area contributed by atoms with Crippen LogP contribution >= 0.6 is 23.4 Å². The van der Waals surface area contributed by atoms with E-state index in [-0.39, 0.29) is 5.91 Å². The van der Waals surface area contributed by atoms with Gasteiger partial charge in [-0.2, -0.15) is 0 Å². The van der Waals surface area contributed by atoms with Crippen molar-refractivity contribution in [1.82, 2.24) is 4.98 Å². The van der Waals surface area contributed by atoms with E-state index in [0.717, 1.165) is 16.0 Å². The number of benzene rings is 3. The summed E-state index contributed by atoms with van der Waals surface area (Å²) in [5.41, 5.74) is 5.38. The van der Waals surface area contributed by atoms with Crippen molar-refractivity contribution in [3.8, 4) is 11.5 Å². The molecule has 146 valence electrons. The Morgan fingerprint density at radius 1 is 1.07 bits per heavy atom. The predicted octanol–water partition coefficient (Wildman–Crippen LogP) is 6.50. The van der Waals surface area contributed by atoms with E-state index < -0.39 is 0 Å². The Bertz CT molecular complexity index is 1190. The highest BCUT2D eigenvalue weighted by atomic mass is 35.5. The molecule has 29 heavy (non-hydrogen) atoms. The number of anilines is 1. The smallest absolute Gasteiger partial charge is 0.234 e. The second kappa shape index (κ2) is 8.31. The number of thioether (sulfide) groups is 1. The number of aromatic nitrogens is 1. The third-order valence-corrected chi connectivity index (χ3v) is 5.73. The summed E-state index contributed by atoms with van der Waals surface area (Å²) >= 11 is 7.34. The molecule has 1 amide bonds. The predicted molar refractivity (Wildman–Crippen MR) is 120 cm³/mol. The van der Waals surface area contributed by atoms with Crippen LogP contribution in [0.5, 0.6) is 0 Å². The summed E-state index contributed by atoms with van der Waals surface area (Å²) < 4.78 is 5.91. The Kier molecular flexibility index (Phi) is 5.60. The van der Waals surface area contributed by atoms with Crippen molar-refractivity contribution in [2.75, 3.05) is 11.1 Å². The molecule has 6 heteroatoms. The van der Waals surface area contributed by atoms with E-state index in [9.17, 15) is 4.79 Å². The van der Waals surface area contributed by atoms with Crippen molar-refractivity contribution in [3.05, 3.63) is 76.8 Å². The van der Waals surface area contributed by atoms with Crippen LogP contribution in [0.2, 0.25) is 5.02 Å². The van der Waals surface area contributed by atoms with E-state index in [1.165, 1.54) is 17.3 Å². The van der Waals surface area contributed by atoms with E-state index >= 15 is 0 Å². The van der Waals surface area contributed by atoms with Crippen molar-refractivity contribution in [2.24, 2.45) is 0 Å². The maximum Gasteiger partial charge on any atom is 0.234 e. The number of hydrogen-bond donors (Lipinski definition) is 1. The Morgan fingerprint density at radius 3 is 2.62 bits per heavy atom. The van der Waals surface area contributed by atoms with Crippen LogP contribution < -0.4 is 5.32 Å². The lowest BCUT2D eigenvalue weighted by Crippen LogP contribution is -2.13. The Balaban J connectivity index is 1.47. The van der Waals surface area contributed by atoms with Crippen LogP contribution in [-0.4, -0.2) is 16.6 Å². The van der Waals surface area contributed by atoms with Crippen LogP contribution in [0, 0.1) is 13.8 Å². The molecule has 3 aromatic carbocycles. The minimum absolute atomic E-state index is 0.0811. The summed E-state index contributed by atoms with van der Waals surface area (Å²) in [7, 11) is 0. The van der Waals surface area contributed by atoms with Gasteiger partial charge in [-0.15, -0.1) is 11.8 Å². The summed E-state index contributed by atoms with van der Waals surface area (Å²) in [5, 5.41) is 3.60. The molecule has 0 saturated carbocycles. The van der Waals surface area contributed by atoms with Gasteiger partial charge in [0.25, 0.3) is 0 Å². The van der Waals surface area contributed by atoms with E-state index in [4.69, 9.17) is 16.0 Å². The average molecular weight is 423 g/mol. The average Bonchev–Trinajstić information content (AvgIpc) is 3.10. The second-order valence-corrected chi connectivity index (χ2v) is 8.30. The number of amides is 1. The van der Waals surface area contributed by atoms with Crippen LogP contribution in [0.3, 0.4) is 0 Å². The van der Waals surface area contributed by atoms with Crippen molar-refractivity contribution >= 4 is 46.1 Å². The molecule has 0 bridgehead atoms. The molecule has 0 aliphatic heterocycles. The molecule has 0 spiro atoms. The van der Waals surface area contributed by atoms with E-state index in [2.05, 4.69) is 23.3 Å². The molecule has 1 N–H and O–H groups in total. The SMILES string of the molecule is Cc1ccc(-c2nc3cc(NC(=O)CSc4ccc(Cl)cc4)ccc3o2)c(C)c1. The fraction of sp³-hybridized carbons (Fsp3) is 0.130. The highest BCUT2D eigenvalue weighted by Crippen LogP contribution is 2.29. The molecule has 0 atom stereocenters. The molecule has 1 aromatic heterocycles. The van der Waals surface area contributed by atoms with Crippen LogP contribution in [0.25, 0.3) is 22.6 Å². The van der Waals surface area contributed by atoms with Gasteiger partial charge >= 0.3 is 0 Å². The Hall–Kier alpha value is -2.76. The third-order valence-electron chi connectivity index (χ3n) is 4.47. The normalized spacial score (nSPS) is 11.0. The summed E-state index contributed by atoms with van der Waals surface area (Å²) in [6.45, 7) is 4.10. The van der Waals surface area contributed by atoms with Crippen LogP contribution in [-0.2, 0) is 4.79 Å². The van der Waals surface area contributed by atoms with Crippen molar-refractivity contribution in [1.29, 1.82) is 0 Å². The molecule has 0 aliphatic carbocycles. The van der Waals surface area contributed by atoms with Crippen molar-refractivity contribution in [2.45, 2.75) is 18.7 Å². The molecule has 4 rings (SSSR count). The minimum Gasteiger partial charge on any atom is -0.436 e. The first-order valence-electron chi connectivity index (χ1n) is 9.14. The number of oxazole rings is 1. The Morgan fingerprint density at radius 2 is 1.86 bits per heavy atom. The molecule has 4 nitrogen and oxygen atoms in total. The van der Waals surface area contributed by atoms with E-state index in [1.54, 1.807) is 0 Å². The van der Waals surface area contributed by atoms with Gasteiger partial charge in [0.15, 0.2) is 5.58 Å². The monoisotopic (exact) mass is 422 g/mol. The van der Waals surface area contributed by atoms with Crippen LogP contribution in [0.1, 0.15) is 11.1 Å². The molecule has 0 aliphatic rings. The molecule has 0 radical (unpaired) electrons. The number of fused-ring (bicyclic) bond motifs is 1. The van der Waals surface area contributed by atoms with E-state index in [0.29, 0.717) is 33.5 Å². The van der Waals surface area contributed by atoms with Crippen LogP contribution in [0.15, 0.2) is 70.0 Å². The maximum atomic E-state index is 12.3. The number of nitrogens with one attached hydrogen (secondary N) is 1. The first-order chi connectivity index (χ1) is 14.0. The first-order valence-corrected chi connectivity index (χ1v) is 10.5. The van der Waals surface area contributed by atoms with E-state index in [1.807, 2.05) is 61.5 Å². The lowest BCUT2D eigenvalue weighted by atomic mass is 10.1. The van der Waals surface area contributed by atoms with Gasteiger partial charge in [0.1, 0.15) is 5.52 Å². The van der Waals surface area contributed by atoms with Gasteiger partial charge in [-0.1, -0.05) is 29.3 Å². The fourth-order valence-corrected chi connectivity index (χ4v) is 3.88. The summed E-state index contributed by atoms with van der Waals surface area (Å²) in [6, 6.07) is 19.1. The Labute approximate surface area is 178 Å². The number of hydrogen-bond acceptors (Lipinski definition) is 4. The van der Waals surface area contributed by atoms with Gasteiger partial charge in [0.05, 0.1) is 5.75 Å². The number of halogens is 1. The number of nitrogens with zero attached hydrogens (tertiary/aromatic N) is 1. The zero-order valence-electron chi connectivity index (χ0n) is 16.0. The quantitative estimate of drug-likeness (QED) is 0.373. The van der Waals surface area contributed by atoms with Crippen LogP contribution in [0.4, 0.5) is 5.69 Å². The highest BCUT2D eigenvalue weighted by Gasteiger charge is 2.12. The van der Waals surface area contributed by atoms with Gasteiger partial charge in [-0.25, -0.2) is 4.98 Å². The molecule has 0 unspecified atom stereocenters. The number of rotatable bonds is 5. The largest absolute Gasteiger partial charge is 0.436 e. The summed E-state index contributed by atoms with van der Waals surface area (Å²) in [4.78, 5) is 17.9. The molecular formula is C23H19ClN2O2S. The lowest BCUT2D eigenvalue weighted by Gasteiger charge is -2.05. The zero-order valence-corrected chi connectivity index (χ0v) is 17.6. The maximum absolute atomic E-state index is 12.3. The molecule has 1 heterocycles. The first kappa shape index (κ1) is 19.6. The second-order valence-electron chi connectivity index (χ2n) is 6.81. The fourth-order valence-electron chi connectivity index (χ4n) is 3.05. The zero-order chi connectivity index (χ0) is 20.4. The van der Waals surface area contributed by atoms with Crippen molar-refractivity contribution < 1.29 is 9.21 Å². The highest BCUT2D eigenvalue weighted by molar-refractivity contribution is 8.00. The molecule has 0 saturated heterocycles.